The molecular weight excluding hydrogens is 224 g/mol. The minimum Gasteiger partial charge on any atom is -0.384 e. The van der Waals surface area contributed by atoms with Crippen molar-refractivity contribution in [3.63, 3.8) is 0 Å². The Morgan fingerprint density at radius 1 is 1.47 bits per heavy atom. The van der Waals surface area contributed by atoms with Crippen LogP contribution in [0.15, 0.2) is 30.7 Å². The van der Waals surface area contributed by atoms with E-state index in [9.17, 15) is 10.1 Å². The molecular formula is C9H8N6O2. The fourth-order valence-corrected chi connectivity index (χ4v) is 1.21. The Labute approximate surface area is 95.4 Å². The van der Waals surface area contributed by atoms with Crippen LogP contribution in [-0.4, -0.2) is 25.5 Å². The fourth-order valence-electron chi connectivity index (χ4n) is 1.21. The molecule has 0 amide bonds. The van der Waals surface area contributed by atoms with Crippen LogP contribution in [0.4, 0.5) is 5.69 Å². The van der Waals surface area contributed by atoms with Crippen LogP contribution in [0, 0.1) is 15.5 Å². The van der Waals surface area contributed by atoms with E-state index in [1.165, 1.54) is 17.1 Å². The lowest BCUT2D eigenvalue weighted by Crippen LogP contribution is -2.11. The van der Waals surface area contributed by atoms with Crippen molar-refractivity contribution in [1.29, 1.82) is 5.41 Å². The summed E-state index contributed by atoms with van der Waals surface area (Å²) in [5.74, 6) is 0.332. The third-order valence-electron chi connectivity index (χ3n) is 2.07. The monoisotopic (exact) mass is 232 g/mol. The van der Waals surface area contributed by atoms with Gasteiger partial charge >= 0.3 is 5.69 Å². The van der Waals surface area contributed by atoms with Crippen molar-refractivity contribution in [2.75, 3.05) is 0 Å². The van der Waals surface area contributed by atoms with Crippen LogP contribution in [0.1, 0.15) is 5.56 Å². The lowest BCUT2D eigenvalue weighted by Gasteiger charge is -2.00. The van der Waals surface area contributed by atoms with Gasteiger partial charge in [-0.3, -0.25) is 15.5 Å². The maximum atomic E-state index is 10.5. The molecule has 0 aliphatic rings. The summed E-state index contributed by atoms with van der Waals surface area (Å²) in [6.07, 6.45) is 3.81. The van der Waals surface area contributed by atoms with E-state index in [4.69, 9.17) is 11.1 Å². The molecule has 86 valence electrons. The van der Waals surface area contributed by atoms with Crippen molar-refractivity contribution in [1.82, 2.24) is 14.8 Å². The average molecular weight is 232 g/mol. The van der Waals surface area contributed by atoms with Crippen LogP contribution in [0.3, 0.4) is 0 Å². The van der Waals surface area contributed by atoms with Gasteiger partial charge in [0.05, 0.1) is 4.92 Å². The van der Waals surface area contributed by atoms with E-state index in [1.807, 2.05) is 0 Å². The van der Waals surface area contributed by atoms with E-state index in [1.54, 1.807) is 12.1 Å². The number of rotatable bonds is 3. The van der Waals surface area contributed by atoms with Gasteiger partial charge in [0.1, 0.15) is 18.2 Å². The quantitative estimate of drug-likeness (QED) is 0.344. The molecule has 0 fully saturated rings. The predicted molar refractivity (Wildman–Crippen MR) is 59.0 cm³/mol. The number of nitro groups is 1. The standard InChI is InChI=1S/C9H8N6O2/c10-9(11)6-1-2-8(12-3-6)14-5-7(4-13-14)15(16)17/h1-5H,(H3,10,11). The van der Waals surface area contributed by atoms with Gasteiger partial charge in [0, 0.05) is 11.8 Å². The Morgan fingerprint density at radius 3 is 2.71 bits per heavy atom. The van der Waals surface area contributed by atoms with Crippen LogP contribution in [0.2, 0.25) is 0 Å². The van der Waals surface area contributed by atoms with Crippen molar-refractivity contribution >= 4 is 11.5 Å². The topological polar surface area (TPSA) is 124 Å². The number of hydrogen-bond acceptors (Lipinski definition) is 5. The van der Waals surface area contributed by atoms with Crippen LogP contribution in [0.5, 0.6) is 0 Å². The summed E-state index contributed by atoms with van der Waals surface area (Å²) in [5, 5.41) is 21.5. The van der Waals surface area contributed by atoms with Gasteiger partial charge in [0.15, 0.2) is 5.82 Å². The van der Waals surface area contributed by atoms with Crippen LogP contribution >= 0.6 is 0 Å². The zero-order chi connectivity index (χ0) is 12.4. The first-order valence-corrected chi connectivity index (χ1v) is 4.58. The van der Waals surface area contributed by atoms with E-state index >= 15 is 0 Å². The third-order valence-corrected chi connectivity index (χ3v) is 2.07. The fraction of sp³-hybridized carbons (Fsp3) is 0. The molecule has 2 aromatic heterocycles. The Balaban J connectivity index is 2.33. The molecule has 0 saturated carbocycles. The summed E-state index contributed by atoms with van der Waals surface area (Å²) in [6.45, 7) is 0. The van der Waals surface area contributed by atoms with E-state index < -0.39 is 4.92 Å². The molecule has 0 aromatic carbocycles. The van der Waals surface area contributed by atoms with Crippen molar-refractivity contribution < 1.29 is 4.92 Å². The first-order chi connectivity index (χ1) is 8.08. The lowest BCUT2D eigenvalue weighted by atomic mass is 10.2. The summed E-state index contributed by atoms with van der Waals surface area (Å²) < 4.78 is 1.28. The largest absolute Gasteiger partial charge is 0.384 e. The van der Waals surface area contributed by atoms with Gasteiger partial charge in [-0.1, -0.05) is 0 Å². The average Bonchev–Trinajstić information content (AvgIpc) is 2.78. The first-order valence-electron chi connectivity index (χ1n) is 4.58. The summed E-state index contributed by atoms with van der Waals surface area (Å²) in [7, 11) is 0. The first kappa shape index (κ1) is 10.7. The molecule has 0 atom stereocenters. The van der Waals surface area contributed by atoms with Crippen LogP contribution < -0.4 is 5.73 Å². The molecule has 2 heterocycles. The normalized spacial score (nSPS) is 10.1. The third kappa shape index (κ3) is 2.09. The number of amidine groups is 1. The Morgan fingerprint density at radius 2 is 2.24 bits per heavy atom. The summed E-state index contributed by atoms with van der Waals surface area (Å²) in [4.78, 5) is 13.9. The second kappa shape index (κ2) is 4.00. The van der Waals surface area contributed by atoms with E-state index in [2.05, 4.69) is 10.1 Å². The van der Waals surface area contributed by atoms with Gasteiger partial charge in [-0.25, -0.2) is 9.67 Å². The highest BCUT2D eigenvalue weighted by molar-refractivity contribution is 5.94. The molecule has 3 N–H and O–H groups in total. The van der Waals surface area contributed by atoms with Crippen LogP contribution in [-0.2, 0) is 0 Å². The van der Waals surface area contributed by atoms with Gasteiger partial charge in [-0.05, 0) is 12.1 Å². The van der Waals surface area contributed by atoms with E-state index in [0.717, 1.165) is 6.20 Å². The number of hydrogen-bond donors (Lipinski definition) is 2. The molecule has 0 radical (unpaired) electrons. The highest BCUT2D eigenvalue weighted by Gasteiger charge is 2.10. The summed E-state index contributed by atoms with van der Waals surface area (Å²) in [6, 6.07) is 3.17. The van der Waals surface area contributed by atoms with E-state index in [-0.39, 0.29) is 11.5 Å². The molecule has 17 heavy (non-hydrogen) atoms. The van der Waals surface area contributed by atoms with Crippen molar-refractivity contribution in [3.05, 3.63) is 46.4 Å². The van der Waals surface area contributed by atoms with Gasteiger partial charge in [0.25, 0.3) is 0 Å². The minimum atomic E-state index is -0.534. The number of pyridine rings is 1. The summed E-state index contributed by atoms with van der Waals surface area (Å²) >= 11 is 0. The number of nitrogens with two attached hydrogens (primary N) is 1. The molecule has 8 heteroatoms. The molecule has 2 rings (SSSR count). The maximum Gasteiger partial charge on any atom is 0.307 e. The second-order valence-corrected chi connectivity index (χ2v) is 3.22. The number of nitrogens with one attached hydrogen (secondary N) is 1. The number of nitrogen functional groups attached to an aromatic ring is 1. The van der Waals surface area contributed by atoms with Crippen molar-refractivity contribution in [2.24, 2.45) is 5.73 Å². The van der Waals surface area contributed by atoms with Gasteiger partial charge < -0.3 is 5.73 Å². The molecule has 0 spiro atoms. The zero-order valence-corrected chi connectivity index (χ0v) is 8.57. The summed E-state index contributed by atoms with van der Waals surface area (Å²) in [5.41, 5.74) is 5.65. The smallest absolute Gasteiger partial charge is 0.307 e. The predicted octanol–water partition coefficient (Wildman–Crippen LogP) is 0.460. The highest BCUT2D eigenvalue weighted by Crippen LogP contribution is 2.11. The zero-order valence-electron chi connectivity index (χ0n) is 8.57. The number of aromatic nitrogens is 3. The van der Waals surface area contributed by atoms with Crippen LogP contribution in [0.25, 0.3) is 5.82 Å². The van der Waals surface area contributed by atoms with Crippen molar-refractivity contribution in [2.45, 2.75) is 0 Å². The van der Waals surface area contributed by atoms with E-state index in [0.29, 0.717) is 11.4 Å². The highest BCUT2D eigenvalue weighted by atomic mass is 16.6. The minimum absolute atomic E-state index is 0.0875. The molecule has 0 bridgehead atoms. The molecule has 8 nitrogen and oxygen atoms in total. The Hall–Kier alpha value is -2.77. The Bertz CT molecular complexity index is 573. The van der Waals surface area contributed by atoms with Gasteiger partial charge in [0.2, 0.25) is 0 Å². The molecule has 0 unspecified atom stereocenters. The van der Waals surface area contributed by atoms with Gasteiger partial charge in [-0.15, -0.1) is 0 Å². The molecule has 0 saturated heterocycles. The molecule has 0 aliphatic carbocycles. The van der Waals surface area contributed by atoms with Gasteiger partial charge in [-0.2, -0.15) is 5.10 Å². The SMILES string of the molecule is N=C(N)c1ccc(-n2cc([N+](=O)[O-])cn2)nc1. The Kier molecular flexibility index (Phi) is 2.53. The molecule has 2 aromatic rings. The molecule has 0 aliphatic heterocycles. The van der Waals surface area contributed by atoms with Crippen molar-refractivity contribution in [3.8, 4) is 5.82 Å². The maximum absolute atomic E-state index is 10.5. The number of nitrogens with zero attached hydrogens (tertiary/aromatic N) is 4. The second-order valence-electron chi connectivity index (χ2n) is 3.22. The lowest BCUT2D eigenvalue weighted by molar-refractivity contribution is -0.384.